The number of nitrogens with zero attached hydrogens (tertiary/aromatic N) is 1. The van der Waals surface area contributed by atoms with Crippen LogP contribution in [0.25, 0.3) is 0 Å². The Labute approximate surface area is 119 Å². The minimum Gasteiger partial charge on any atom is -0.313 e. The minimum atomic E-state index is -0.555. The van der Waals surface area contributed by atoms with E-state index in [-0.39, 0.29) is 5.82 Å². The molecule has 0 aliphatic carbocycles. The van der Waals surface area contributed by atoms with Gasteiger partial charge >= 0.3 is 0 Å². The Morgan fingerprint density at radius 2 is 2.26 bits per heavy atom. The van der Waals surface area contributed by atoms with Crippen molar-refractivity contribution in [3.8, 4) is 0 Å². The first-order valence-corrected chi connectivity index (χ1v) is 7.25. The maximum absolute atomic E-state index is 13.9. The van der Waals surface area contributed by atoms with Gasteiger partial charge in [-0.3, -0.25) is 4.90 Å². The van der Waals surface area contributed by atoms with Gasteiger partial charge in [-0.1, -0.05) is 24.6 Å². The second kappa shape index (κ2) is 5.78. The third-order valence-corrected chi connectivity index (χ3v) is 4.33. The summed E-state index contributed by atoms with van der Waals surface area (Å²) >= 11 is 6.09. The summed E-state index contributed by atoms with van der Waals surface area (Å²) in [6.07, 6.45) is 2.83. The van der Waals surface area contributed by atoms with Crippen molar-refractivity contribution in [1.82, 2.24) is 4.90 Å². The second-order valence-electron chi connectivity index (χ2n) is 5.93. The molecule has 0 bridgehead atoms. The first kappa shape index (κ1) is 14.8. The van der Waals surface area contributed by atoms with Crippen LogP contribution in [0.4, 0.5) is 4.39 Å². The van der Waals surface area contributed by atoms with E-state index >= 15 is 0 Å². The maximum atomic E-state index is 13.9. The Morgan fingerprint density at radius 1 is 1.53 bits per heavy atom. The molecule has 0 spiro atoms. The fraction of sp³-hybridized carbons (Fsp3) is 0.600. The third kappa shape index (κ3) is 3.47. The molecule has 2 N–H and O–H groups in total. The van der Waals surface area contributed by atoms with Gasteiger partial charge in [0.1, 0.15) is 5.82 Å². The molecule has 2 rings (SSSR count). The number of hydrogen-bond acceptors (Lipinski definition) is 2. The highest BCUT2D eigenvalue weighted by Crippen LogP contribution is 2.27. The Morgan fingerprint density at radius 3 is 2.89 bits per heavy atom. The molecule has 1 aromatic rings. The molecule has 2 unspecified atom stereocenters. The van der Waals surface area contributed by atoms with E-state index in [1.165, 1.54) is 12.5 Å². The van der Waals surface area contributed by atoms with Crippen LogP contribution in [-0.4, -0.2) is 23.7 Å². The van der Waals surface area contributed by atoms with Crippen molar-refractivity contribution in [2.24, 2.45) is 11.7 Å². The van der Waals surface area contributed by atoms with Crippen LogP contribution in [0.2, 0.25) is 5.02 Å². The molecule has 4 heteroatoms. The molecule has 106 valence electrons. The summed E-state index contributed by atoms with van der Waals surface area (Å²) in [7, 11) is 0. The molecule has 1 aliphatic rings. The summed E-state index contributed by atoms with van der Waals surface area (Å²) < 4.78 is 13.9. The fourth-order valence-corrected chi connectivity index (χ4v) is 3.05. The monoisotopic (exact) mass is 284 g/mol. The van der Waals surface area contributed by atoms with Crippen LogP contribution in [0.3, 0.4) is 0 Å². The molecule has 1 heterocycles. The predicted molar refractivity (Wildman–Crippen MR) is 77.7 cm³/mol. The van der Waals surface area contributed by atoms with E-state index in [1.54, 1.807) is 12.1 Å². The maximum Gasteiger partial charge on any atom is 0.128 e. The molecule has 2 nitrogen and oxygen atoms in total. The van der Waals surface area contributed by atoms with Gasteiger partial charge in [-0.25, -0.2) is 4.39 Å². The summed E-state index contributed by atoms with van der Waals surface area (Å²) in [6.45, 7) is 6.15. The second-order valence-corrected chi connectivity index (χ2v) is 6.33. The molecule has 2 atom stereocenters. The van der Waals surface area contributed by atoms with E-state index in [0.29, 0.717) is 22.9 Å². The van der Waals surface area contributed by atoms with Gasteiger partial charge in [0, 0.05) is 23.6 Å². The molecule has 1 saturated heterocycles. The smallest absolute Gasteiger partial charge is 0.128 e. The summed E-state index contributed by atoms with van der Waals surface area (Å²) in [5.74, 6) is 0.377. The highest BCUT2D eigenvalue weighted by Gasteiger charge is 2.32. The van der Waals surface area contributed by atoms with Crippen LogP contribution in [-0.2, 0) is 6.42 Å². The van der Waals surface area contributed by atoms with Crippen molar-refractivity contribution < 1.29 is 4.39 Å². The lowest BCUT2D eigenvalue weighted by molar-refractivity contribution is 0.0621. The summed E-state index contributed by atoms with van der Waals surface area (Å²) in [4.78, 5) is 2.25. The molecule has 0 aromatic heterocycles. The lowest BCUT2D eigenvalue weighted by Crippen LogP contribution is -2.58. The Bertz CT molecular complexity index is 428. The molecule has 1 aliphatic heterocycles. The van der Waals surface area contributed by atoms with E-state index in [1.807, 2.05) is 6.92 Å². The SMILES string of the molecule is CC1CCCN(C(C)(N)Cc2c(F)cccc2Cl)C1. The van der Waals surface area contributed by atoms with Crippen LogP contribution >= 0.6 is 11.6 Å². The lowest BCUT2D eigenvalue weighted by atomic mass is 9.93. The number of benzene rings is 1. The molecule has 0 amide bonds. The van der Waals surface area contributed by atoms with Gasteiger partial charge in [0.25, 0.3) is 0 Å². The van der Waals surface area contributed by atoms with E-state index in [9.17, 15) is 4.39 Å². The first-order valence-electron chi connectivity index (χ1n) is 6.87. The zero-order valence-electron chi connectivity index (χ0n) is 11.6. The zero-order chi connectivity index (χ0) is 14.0. The number of piperidine rings is 1. The van der Waals surface area contributed by atoms with Gasteiger partial charge in [0.15, 0.2) is 0 Å². The number of hydrogen-bond donors (Lipinski definition) is 1. The van der Waals surface area contributed by atoms with Crippen LogP contribution in [0.15, 0.2) is 18.2 Å². The van der Waals surface area contributed by atoms with Crippen molar-refractivity contribution in [1.29, 1.82) is 0 Å². The predicted octanol–water partition coefficient (Wildman–Crippen LogP) is 3.43. The molecule has 19 heavy (non-hydrogen) atoms. The summed E-state index contributed by atoms with van der Waals surface area (Å²) in [5.41, 5.74) is 6.39. The van der Waals surface area contributed by atoms with E-state index < -0.39 is 5.66 Å². The van der Waals surface area contributed by atoms with Crippen LogP contribution in [0, 0.1) is 11.7 Å². The van der Waals surface area contributed by atoms with Crippen LogP contribution in [0.1, 0.15) is 32.3 Å². The van der Waals surface area contributed by atoms with Gasteiger partial charge in [-0.05, 0) is 44.4 Å². The Balaban J connectivity index is 2.16. The summed E-state index contributed by atoms with van der Waals surface area (Å²) in [6, 6.07) is 4.78. The van der Waals surface area contributed by atoms with Crippen molar-refractivity contribution in [2.45, 2.75) is 38.8 Å². The Kier molecular flexibility index (Phi) is 4.49. The van der Waals surface area contributed by atoms with Crippen molar-refractivity contribution in [2.75, 3.05) is 13.1 Å². The van der Waals surface area contributed by atoms with E-state index in [2.05, 4.69) is 11.8 Å². The van der Waals surface area contributed by atoms with Crippen molar-refractivity contribution in [3.63, 3.8) is 0 Å². The zero-order valence-corrected chi connectivity index (χ0v) is 12.4. The molecular weight excluding hydrogens is 263 g/mol. The lowest BCUT2D eigenvalue weighted by Gasteiger charge is -2.43. The average molecular weight is 285 g/mol. The normalized spacial score (nSPS) is 24.2. The standard InChI is InChI=1S/C15H22ClFN2/c1-11-5-4-8-19(10-11)15(2,18)9-12-13(16)6-3-7-14(12)17/h3,6-7,11H,4-5,8-10,18H2,1-2H3. The van der Waals surface area contributed by atoms with Crippen LogP contribution in [0.5, 0.6) is 0 Å². The highest BCUT2D eigenvalue weighted by atomic mass is 35.5. The molecule has 0 radical (unpaired) electrons. The van der Waals surface area contributed by atoms with Gasteiger partial charge in [-0.2, -0.15) is 0 Å². The molecule has 0 saturated carbocycles. The van der Waals surface area contributed by atoms with Crippen molar-refractivity contribution >= 4 is 11.6 Å². The number of nitrogens with two attached hydrogens (primary N) is 1. The van der Waals surface area contributed by atoms with Gasteiger partial charge in [-0.15, -0.1) is 0 Å². The first-order chi connectivity index (χ1) is 8.90. The average Bonchev–Trinajstić information content (AvgIpc) is 2.34. The van der Waals surface area contributed by atoms with Gasteiger partial charge < -0.3 is 5.73 Å². The van der Waals surface area contributed by atoms with Crippen molar-refractivity contribution in [3.05, 3.63) is 34.6 Å². The quantitative estimate of drug-likeness (QED) is 0.921. The van der Waals surface area contributed by atoms with E-state index in [0.717, 1.165) is 19.5 Å². The fourth-order valence-electron chi connectivity index (χ4n) is 2.82. The molecule has 1 fully saturated rings. The molecular formula is C15H22ClFN2. The molecule has 1 aromatic carbocycles. The minimum absolute atomic E-state index is 0.269. The van der Waals surface area contributed by atoms with E-state index in [4.69, 9.17) is 17.3 Å². The Hall–Kier alpha value is -0.640. The van der Waals surface area contributed by atoms with Crippen LogP contribution < -0.4 is 5.73 Å². The van der Waals surface area contributed by atoms with Gasteiger partial charge in [0.05, 0.1) is 5.66 Å². The number of likely N-dealkylation sites (tertiary alicyclic amines) is 1. The highest BCUT2D eigenvalue weighted by molar-refractivity contribution is 6.31. The largest absolute Gasteiger partial charge is 0.313 e. The number of rotatable bonds is 3. The topological polar surface area (TPSA) is 29.3 Å². The third-order valence-electron chi connectivity index (χ3n) is 3.98. The van der Waals surface area contributed by atoms with Gasteiger partial charge in [0.2, 0.25) is 0 Å². The summed E-state index contributed by atoms with van der Waals surface area (Å²) in [5, 5.41) is 0.460. The number of halogens is 2.